The number of nitrogens with zero attached hydrogens (tertiary/aromatic N) is 3. The Balaban J connectivity index is 1.96. The van der Waals surface area contributed by atoms with Crippen molar-refractivity contribution in [3.8, 4) is 0 Å². The zero-order chi connectivity index (χ0) is 18.9. The molecule has 0 aliphatic rings. The van der Waals surface area contributed by atoms with Gasteiger partial charge in [-0.1, -0.05) is 19.0 Å². The second-order valence-corrected chi connectivity index (χ2v) is 7.69. The van der Waals surface area contributed by atoms with Gasteiger partial charge in [0.2, 0.25) is 15.9 Å². The van der Waals surface area contributed by atoms with Crippen molar-refractivity contribution in [2.24, 2.45) is 0 Å². The fraction of sp³-hybridized carbons (Fsp3) is 0.438. The molecule has 0 amide bonds. The molecule has 2 heterocycles. The molecule has 1 N–H and O–H groups in total. The van der Waals surface area contributed by atoms with Gasteiger partial charge in [0.15, 0.2) is 11.4 Å². The number of fused-ring (bicyclic) bond motifs is 1. The normalized spacial score (nSPS) is 13.3. The number of oxazole rings is 1. The molecule has 140 valence electrons. The molecule has 0 radical (unpaired) electrons. The van der Waals surface area contributed by atoms with Crippen molar-refractivity contribution >= 4 is 21.1 Å². The summed E-state index contributed by atoms with van der Waals surface area (Å²) in [4.78, 5) is 16.4. The lowest BCUT2D eigenvalue weighted by Gasteiger charge is -2.11. The van der Waals surface area contributed by atoms with E-state index in [0.29, 0.717) is 30.1 Å². The van der Waals surface area contributed by atoms with Gasteiger partial charge in [0, 0.05) is 18.5 Å². The van der Waals surface area contributed by atoms with Crippen LogP contribution in [0.3, 0.4) is 0 Å². The fourth-order valence-electron chi connectivity index (χ4n) is 2.42. The van der Waals surface area contributed by atoms with Crippen molar-refractivity contribution in [3.63, 3.8) is 0 Å². The third kappa shape index (κ3) is 3.56. The average Bonchev–Trinajstić information content (AvgIpc) is 3.18. The number of benzene rings is 1. The van der Waals surface area contributed by atoms with Crippen LogP contribution >= 0.6 is 0 Å². The van der Waals surface area contributed by atoms with Gasteiger partial charge in [-0.15, -0.1) is 0 Å². The molecule has 10 heteroatoms. The monoisotopic (exact) mass is 380 g/mol. The average molecular weight is 380 g/mol. The Labute approximate surface area is 150 Å². The maximum absolute atomic E-state index is 12.4. The Bertz CT molecular complexity index is 1080. The van der Waals surface area contributed by atoms with E-state index in [1.807, 2.05) is 13.8 Å². The predicted molar refractivity (Wildman–Crippen MR) is 93.3 cm³/mol. The second-order valence-electron chi connectivity index (χ2n) is 5.97. The Kier molecular flexibility index (Phi) is 4.97. The zero-order valence-electron chi connectivity index (χ0n) is 14.7. The van der Waals surface area contributed by atoms with E-state index in [9.17, 15) is 13.2 Å². The summed E-state index contributed by atoms with van der Waals surface area (Å²) in [5.74, 6) is 0.208. The number of aromatic nitrogens is 3. The number of rotatable bonds is 7. The van der Waals surface area contributed by atoms with Gasteiger partial charge in [-0.25, -0.2) is 17.9 Å². The highest BCUT2D eigenvalue weighted by Gasteiger charge is 2.20. The molecule has 0 saturated carbocycles. The van der Waals surface area contributed by atoms with Gasteiger partial charge >= 0.3 is 5.76 Å². The van der Waals surface area contributed by atoms with Gasteiger partial charge < -0.3 is 8.94 Å². The van der Waals surface area contributed by atoms with Crippen LogP contribution in [-0.4, -0.2) is 29.2 Å². The van der Waals surface area contributed by atoms with Crippen molar-refractivity contribution in [2.45, 2.75) is 51.1 Å². The summed E-state index contributed by atoms with van der Waals surface area (Å²) in [6.07, 6.45) is 1.26. The molecule has 0 aliphatic heterocycles. The maximum Gasteiger partial charge on any atom is 0.420 e. The number of aryl methyl sites for hydroxylation is 1. The van der Waals surface area contributed by atoms with E-state index in [2.05, 4.69) is 14.9 Å². The van der Waals surface area contributed by atoms with Gasteiger partial charge in [0.05, 0.1) is 17.0 Å². The number of sulfonamides is 1. The first kappa shape index (κ1) is 18.3. The molecule has 1 atom stereocenters. The quantitative estimate of drug-likeness (QED) is 0.662. The summed E-state index contributed by atoms with van der Waals surface area (Å²) in [6, 6.07) is 4.11. The second kappa shape index (κ2) is 7.04. The highest BCUT2D eigenvalue weighted by molar-refractivity contribution is 7.89. The van der Waals surface area contributed by atoms with Crippen molar-refractivity contribution in [3.05, 3.63) is 40.5 Å². The Morgan fingerprint density at radius 3 is 2.73 bits per heavy atom. The summed E-state index contributed by atoms with van der Waals surface area (Å²) in [6.45, 7) is 5.62. The Morgan fingerprint density at radius 2 is 2.08 bits per heavy atom. The van der Waals surface area contributed by atoms with E-state index in [-0.39, 0.29) is 23.1 Å². The van der Waals surface area contributed by atoms with Crippen LogP contribution in [0.2, 0.25) is 0 Å². The van der Waals surface area contributed by atoms with Crippen LogP contribution in [0.4, 0.5) is 0 Å². The first-order chi connectivity index (χ1) is 12.3. The topological polar surface area (TPSA) is 120 Å². The van der Waals surface area contributed by atoms with Crippen LogP contribution in [-0.2, 0) is 23.0 Å². The van der Waals surface area contributed by atoms with Gasteiger partial charge in [0.1, 0.15) is 0 Å². The van der Waals surface area contributed by atoms with E-state index in [1.54, 1.807) is 6.92 Å². The highest BCUT2D eigenvalue weighted by Crippen LogP contribution is 2.19. The highest BCUT2D eigenvalue weighted by atomic mass is 32.2. The van der Waals surface area contributed by atoms with E-state index >= 15 is 0 Å². The first-order valence-electron chi connectivity index (χ1n) is 8.31. The minimum absolute atomic E-state index is 0.0408. The molecular weight excluding hydrogens is 360 g/mol. The molecule has 0 saturated heterocycles. The summed E-state index contributed by atoms with van der Waals surface area (Å²) >= 11 is 0. The van der Waals surface area contributed by atoms with Gasteiger partial charge in [-0.2, -0.15) is 4.98 Å². The van der Waals surface area contributed by atoms with E-state index in [0.717, 1.165) is 0 Å². The molecule has 1 unspecified atom stereocenters. The zero-order valence-corrected chi connectivity index (χ0v) is 15.5. The molecule has 2 aromatic heterocycles. The van der Waals surface area contributed by atoms with Crippen molar-refractivity contribution in [1.29, 1.82) is 0 Å². The van der Waals surface area contributed by atoms with E-state index < -0.39 is 15.8 Å². The summed E-state index contributed by atoms with van der Waals surface area (Å²) in [7, 11) is -3.69. The minimum Gasteiger partial charge on any atom is -0.408 e. The van der Waals surface area contributed by atoms with E-state index in [4.69, 9.17) is 8.94 Å². The van der Waals surface area contributed by atoms with Gasteiger partial charge in [-0.3, -0.25) is 4.57 Å². The molecular formula is C16H20N4O5S. The molecule has 3 rings (SSSR count). The number of hydrogen-bond acceptors (Lipinski definition) is 7. The molecule has 0 aliphatic carbocycles. The van der Waals surface area contributed by atoms with Gasteiger partial charge in [-0.05, 0) is 25.5 Å². The van der Waals surface area contributed by atoms with E-state index in [1.165, 1.54) is 22.8 Å². The summed E-state index contributed by atoms with van der Waals surface area (Å²) in [5, 5.41) is 3.82. The standard InChI is InChI=1S/C16H20N4O5S/c1-4-10(3)19-26(22,23)11-6-7-12-13(8-11)24-16(21)20(12)9-14-17-15(5-2)25-18-14/h6-8,10,19H,4-5,9H2,1-3H3. The number of nitrogens with one attached hydrogen (secondary N) is 1. The molecule has 0 spiro atoms. The van der Waals surface area contributed by atoms with Crippen LogP contribution in [0.5, 0.6) is 0 Å². The van der Waals surface area contributed by atoms with Crippen LogP contribution in [0.15, 0.2) is 36.8 Å². The molecule has 0 fully saturated rings. The summed E-state index contributed by atoms with van der Waals surface area (Å²) in [5.41, 5.74) is 0.640. The Hall–Kier alpha value is -2.46. The summed E-state index contributed by atoms with van der Waals surface area (Å²) < 4.78 is 38.9. The molecule has 1 aromatic carbocycles. The van der Waals surface area contributed by atoms with Crippen LogP contribution < -0.4 is 10.5 Å². The molecule has 26 heavy (non-hydrogen) atoms. The van der Waals surface area contributed by atoms with Crippen molar-refractivity contribution < 1.29 is 17.4 Å². The molecule has 3 aromatic rings. The first-order valence-corrected chi connectivity index (χ1v) is 9.79. The molecule has 0 bridgehead atoms. The van der Waals surface area contributed by atoms with Crippen LogP contribution in [0, 0.1) is 0 Å². The third-order valence-corrected chi connectivity index (χ3v) is 5.62. The fourth-order valence-corrected chi connectivity index (χ4v) is 3.76. The largest absolute Gasteiger partial charge is 0.420 e. The smallest absolute Gasteiger partial charge is 0.408 e. The lowest BCUT2D eigenvalue weighted by atomic mass is 10.3. The lowest BCUT2D eigenvalue weighted by molar-refractivity contribution is 0.375. The number of hydrogen-bond donors (Lipinski definition) is 1. The van der Waals surface area contributed by atoms with Gasteiger partial charge in [0.25, 0.3) is 0 Å². The predicted octanol–water partition coefficient (Wildman–Crippen LogP) is 1.66. The third-order valence-electron chi connectivity index (χ3n) is 4.03. The van der Waals surface area contributed by atoms with Crippen molar-refractivity contribution in [1.82, 2.24) is 19.4 Å². The minimum atomic E-state index is -3.69. The maximum atomic E-state index is 12.4. The van der Waals surface area contributed by atoms with Crippen LogP contribution in [0.1, 0.15) is 38.9 Å². The van der Waals surface area contributed by atoms with Crippen LogP contribution in [0.25, 0.3) is 11.1 Å². The lowest BCUT2D eigenvalue weighted by Crippen LogP contribution is -2.31. The molecule has 9 nitrogen and oxygen atoms in total. The van der Waals surface area contributed by atoms with Crippen molar-refractivity contribution in [2.75, 3.05) is 0 Å². The Morgan fingerprint density at radius 1 is 1.31 bits per heavy atom. The SMILES string of the molecule is CCc1nc(Cn2c(=O)oc3cc(S(=O)(=O)NC(C)CC)ccc32)no1.